The topological polar surface area (TPSA) is 17.1 Å². The zero-order valence-electron chi connectivity index (χ0n) is 10.1. The normalized spacial score (nSPS) is 10.7. The van der Waals surface area contributed by atoms with Crippen molar-refractivity contribution in [2.75, 3.05) is 0 Å². The predicted molar refractivity (Wildman–Crippen MR) is 68.6 cm³/mol. The van der Waals surface area contributed by atoms with E-state index in [0.29, 0.717) is 6.07 Å². The summed E-state index contributed by atoms with van der Waals surface area (Å²) in [6, 6.07) is 3.41. The number of halogens is 5. The van der Waals surface area contributed by atoms with Crippen LogP contribution in [0.25, 0.3) is 0 Å². The molecular formula is C14H7BrF4O. The molecule has 0 unspecified atom stereocenters. The van der Waals surface area contributed by atoms with Gasteiger partial charge in [0, 0.05) is 6.07 Å². The zero-order valence-corrected chi connectivity index (χ0v) is 11.7. The number of hydrogen-bond donors (Lipinski definition) is 0. The van der Waals surface area contributed by atoms with E-state index < -0.39 is 40.2 Å². The van der Waals surface area contributed by atoms with Crippen LogP contribution >= 0.6 is 15.9 Å². The van der Waals surface area contributed by atoms with Gasteiger partial charge in [0.15, 0.2) is 5.82 Å². The Labute approximate surface area is 120 Å². The number of aryl methyl sites for hydroxylation is 1. The van der Waals surface area contributed by atoms with Crippen molar-refractivity contribution in [1.82, 2.24) is 0 Å². The lowest BCUT2D eigenvalue weighted by atomic mass is 10.00. The third-order valence-corrected chi connectivity index (χ3v) is 3.38. The lowest BCUT2D eigenvalue weighted by molar-refractivity contribution is 0.102. The summed E-state index contributed by atoms with van der Waals surface area (Å²) in [5.74, 6) is -5.43. The molecule has 0 aliphatic heterocycles. The smallest absolute Gasteiger partial charge is 0.201 e. The average Bonchev–Trinajstić information content (AvgIpc) is 2.38. The lowest BCUT2D eigenvalue weighted by Gasteiger charge is -2.08. The Morgan fingerprint density at radius 3 is 2.30 bits per heavy atom. The van der Waals surface area contributed by atoms with Crippen molar-refractivity contribution < 1.29 is 22.4 Å². The van der Waals surface area contributed by atoms with E-state index in [-0.39, 0.29) is 10.0 Å². The highest BCUT2D eigenvalue weighted by molar-refractivity contribution is 9.10. The van der Waals surface area contributed by atoms with Crippen molar-refractivity contribution in [3.05, 3.63) is 68.7 Å². The molecule has 0 aliphatic rings. The molecule has 0 bridgehead atoms. The Kier molecular flexibility index (Phi) is 3.94. The third kappa shape index (κ3) is 2.47. The molecule has 0 atom stereocenters. The molecule has 0 N–H and O–H groups in total. The van der Waals surface area contributed by atoms with Crippen LogP contribution in [0.2, 0.25) is 0 Å². The van der Waals surface area contributed by atoms with Crippen molar-refractivity contribution in [2.24, 2.45) is 0 Å². The van der Waals surface area contributed by atoms with Gasteiger partial charge in [-0.05, 0) is 46.6 Å². The van der Waals surface area contributed by atoms with Crippen molar-refractivity contribution in [2.45, 2.75) is 6.92 Å². The van der Waals surface area contributed by atoms with Gasteiger partial charge in [-0.2, -0.15) is 0 Å². The molecule has 104 valence electrons. The Morgan fingerprint density at radius 2 is 1.65 bits per heavy atom. The summed E-state index contributed by atoms with van der Waals surface area (Å²) in [7, 11) is 0. The van der Waals surface area contributed by atoms with Gasteiger partial charge >= 0.3 is 0 Å². The summed E-state index contributed by atoms with van der Waals surface area (Å²) in [6.07, 6.45) is 0. The molecule has 2 aromatic carbocycles. The Hall–Kier alpha value is -1.69. The minimum absolute atomic E-state index is 0.00515. The highest BCUT2D eigenvalue weighted by Crippen LogP contribution is 2.25. The van der Waals surface area contributed by atoms with Gasteiger partial charge in [0.2, 0.25) is 5.78 Å². The van der Waals surface area contributed by atoms with E-state index in [1.165, 1.54) is 6.92 Å². The van der Waals surface area contributed by atoms with Crippen LogP contribution < -0.4 is 0 Å². The minimum atomic E-state index is -1.18. The maximum atomic E-state index is 13.8. The Balaban J connectivity index is 2.64. The number of benzene rings is 2. The van der Waals surface area contributed by atoms with Gasteiger partial charge in [0.1, 0.15) is 17.5 Å². The summed E-state index contributed by atoms with van der Waals surface area (Å²) < 4.78 is 54.0. The summed E-state index contributed by atoms with van der Waals surface area (Å²) >= 11 is 2.82. The molecule has 0 spiro atoms. The minimum Gasteiger partial charge on any atom is -0.288 e. The van der Waals surface area contributed by atoms with E-state index in [9.17, 15) is 22.4 Å². The second kappa shape index (κ2) is 5.36. The van der Waals surface area contributed by atoms with Gasteiger partial charge in [0.05, 0.1) is 15.6 Å². The molecular weight excluding hydrogens is 340 g/mol. The van der Waals surface area contributed by atoms with Crippen LogP contribution in [0.5, 0.6) is 0 Å². The largest absolute Gasteiger partial charge is 0.288 e. The highest BCUT2D eigenvalue weighted by Gasteiger charge is 2.24. The Morgan fingerprint density at radius 1 is 1.00 bits per heavy atom. The van der Waals surface area contributed by atoms with E-state index in [0.717, 1.165) is 18.2 Å². The van der Waals surface area contributed by atoms with Gasteiger partial charge in [-0.3, -0.25) is 4.79 Å². The summed E-state index contributed by atoms with van der Waals surface area (Å²) in [6.45, 7) is 1.32. The number of ketones is 1. The lowest BCUT2D eigenvalue weighted by Crippen LogP contribution is -2.11. The van der Waals surface area contributed by atoms with Crippen LogP contribution in [0, 0.1) is 30.2 Å². The Bertz CT molecular complexity index is 713. The maximum Gasteiger partial charge on any atom is 0.201 e. The molecule has 0 aromatic heterocycles. The number of rotatable bonds is 2. The van der Waals surface area contributed by atoms with E-state index in [2.05, 4.69) is 15.9 Å². The first kappa shape index (κ1) is 14.7. The summed E-state index contributed by atoms with van der Waals surface area (Å²) in [4.78, 5) is 12.1. The van der Waals surface area contributed by atoms with Crippen molar-refractivity contribution >= 4 is 21.7 Å². The first-order valence-corrected chi connectivity index (χ1v) is 6.26. The zero-order chi connectivity index (χ0) is 15.0. The summed E-state index contributed by atoms with van der Waals surface area (Å²) in [5, 5.41) is 0. The molecule has 0 fully saturated rings. The van der Waals surface area contributed by atoms with E-state index >= 15 is 0 Å². The summed E-state index contributed by atoms with van der Waals surface area (Å²) in [5.41, 5.74) is -1.46. The van der Waals surface area contributed by atoms with Crippen molar-refractivity contribution in [1.29, 1.82) is 0 Å². The van der Waals surface area contributed by atoms with Crippen LogP contribution in [-0.2, 0) is 0 Å². The van der Waals surface area contributed by atoms with Crippen LogP contribution in [0.1, 0.15) is 21.5 Å². The van der Waals surface area contributed by atoms with Crippen LogP contribution in [-0.4, -0.2) is 5.78 Å². The van der Waals surface area contributed by atoms with Gasteiger partial charge in [-0.1, -0.05) is 0 Å². The van der Waals surface area contributed by atoms with Crippen molar-refractivity contribution in [3.8, 4) is 0 Å². The number of carbonyl (C=O) groups is 1. The first-order valence-electron chi connectivity index (χ1n) is 5.46. The quantitative estimate of drug-likeness (QED) is 0.443. The second-order valence-electron chi connectivity index (χ2n) is 4.13. The van der Waals surface area contributed by atoms with Crippen molar-refractivity contribution in [3.63, 3.8) is 0 Å². The molecule has 2 aromatic rings. The SMILES string of the molecule is Cc1cc(C(=O)c2c(F)ccc(Br)c2F)c(F)cc1F. The van der Waals surface area contributed by atoms with Gasteiger partial charge < -0.3 is 0 Å². The number of hydrogen-bond acceptors (Lipinski definition) is 1. The third-order valence-electron chi connectivity index (χ3n) is 2.76. The molecule has 0 amide bonds. The van der Waals surface area contributed by atoms with Crippen LogP contribution in [0.15, 0.2) is 28.7 Å². The molecule has 0 saturated heterocycles. The van der Waals surface area contributed by atoms with Crippen LogP contribution in [0.3, 0.4) is 0 Å². The first-order chi connectivity index (χ1) is 9.32. The average molecular weight is 347 g/mol. The highest BCUT2D eigenvalue weighted by atomic mass is 79.9. The van der Waals surface area contributed by atoms with Gasteiger partial charge in [-0.25, -0.2) is 17.6 Å². The van der Waals surface area contributed by atoms with E-state index in [1.54, 1.807) is 0 Å². The monoisotopic (exact) mass is 346 g/mol. The van der Waals surface area contributed by atoms with E-state index in [1.807, 2.05) is 0 Å². The molecule has 2 rings (SSSR count). The fraction of sp³-hybridized carbons (Fsp3) is 0.0714. The molecule has 0 aliphatic carbocycles. The molecule has 1 nitrogen and oxygen atoms in total. The molecule has 0 saturated carbocycles. The number of carbonyl (C=O) groups excluding carboxylic acids is 1. The van der Waals surface area contributed by atoms with Crippen LogP contribution in [0.4, 0.5) is 17.6 Å². The molecule has 6 heteroatoms. The predicted octanol–water partition coefficient (Wildman–Crippen LogP) is 4.54. The molecule has 20 heavy (non-hydrogen) atoms. The van der Waals surface area contributed by atoms with Gasteiger partial charge in [-0.15, -0.1) is 0 Å². The maximum absolute atomic E-state index is 13.8. The fourth-order valence-corrected chi connectivity index (χ4v) is 2.03. The second-order valence-corrected chi connectivity index (χ2v) is 4.98. The standard InChI is InChI=1S/C14H7BrF4O/c1-6-4-7(11(18)5-10(6)17)14(20)12-9(16)3-2-8(15)13(12)19/h2-5H,1H3. The fourth-order valence-electron chi connectivity index (χ4n) is 1.70. The van der Waals surface area contributed by atoms with Gasteiger partial charge in [0.25, 0.3) is 0 Å². The molecule has 0 heterocycles. The van der Waals surface area contributed by atoms with E-state index in [4.69, 9.17) is 0 Å². The molecule has 0 radical (unpaired) electrons.